The molecule has 0 radical (unpaired) electrons. The van der Waals surface area contributed by atoms with Crippen LogP contribution in [0.3, 0.4) is 0 Å². The molecule has 9 aromatic rings. The van der Waals surface area contributed by atoms with E-state index in [1.807, 2.05) is 0 Å². The summed E-state index contributed by atoms with van der Waals surface area (Å²) < 4.78 is 0. The Bertz CT molecular complexity index is 2780. The molecular weight excluding hydrogens is 617 g/mol. The van der Waals surface area contributed by atoms with Gasteiger partial charge >= 0.3 is 0 Å². The number of fused-ring (bicyclic) bond motifs is 7. The fraction of sp³-hybridized carbons (Fsp3) is 0.0612. The van der Waals surface area contributed by atoms with E-state index < -0.39 is 0 Å². The van der Waals surface area contributed by atoms with Crippen LogP contribution in [0.25, 0.3) is 66.0 Å². The van der Waals surface area contributed by atoms with Crippen LogP contribution in [0.2, 0.25) is 0 Å². The molecule has 0 spiro atoms. The Balaban J connectivity index is 1.36. The van der Waals surface area contributed by atoms with E-state index in [-0.39, 0.29) is 0 Å². The lowest BCUT2D eigenvalue weighted by atomic mass is 9.82. The number of hydrogen-bond acceptors (Lipinski definition) is 1. The number of rotatable bonds is 5. The van der Waals surface area contributed by atoms with Crippen molar-refractivity contribution in [2.75, 3.05) is 4.90 Å². The van der Waals surface area contributed by atoms with Gasteiger partial charge < -0.3 is 9.88 Å². The first-order valence-corrected chi connectivity index (χ1v) is 17.8. The van der Waals surface area contributed by atoms with Crippen LogP contribution in [0, 0.1) is 13.8 Å². The first kappa shape index (κ1) is 29.5. The second kappa shape index (κ2) is 11.6. The van der Waals surface area contributed by atoms with Gasteiger partial charge in [-0.25, -0.2) is 0 Å². The standard InChI is InChI=1S/C49H36N2/c1-31-32(2)49(51(36-21-7-4-8-22-36)44-27-15-20-33-18-9-11-23-37(33)44)42-30-35-19-10-12-24-38(35)46(42)45(31)47-39(34-16-5-3-6-17-34)28-29-41-40-25-13-14-26-43(40)50-48(41)47/h3-29,50H,30H2,1-2H3. The number of anilines is 3. The monoisotopic (exact) mass is 652 g/mol. The third kappa shape index (κ3) is 4.50. The zero-order chi connectivity index (χ0) is 34.1. The predicted octanol–water partition coefficient (Wildman–Crippen LogP) is 13.5. The van der Waals surface area contributed by atoms with E-state index >= 15 is 0 Å². The smallest absolute Gasteiger partial charge is 0.0551 e. The van der Waals surface area contributed by atoms with Crippen molar-refractivity contribution in [2.24, 2.45) is 0 Å². The second-order valence-electron chi connectivity index (χ2n) is 13.8. The molecule has 2 heteroatoms. The molecule has 1 N–H and O–H groups in total. The summed E-state index contributed by atoms with van der Waals surface area (Å²) in [6.45, 7) is 4.68. The van der Waals surface area contributed by atoms with E-state index in [9.17, 15) is 0 Å². The molecule has 0 saturated carbocycles. The molecule has 1 aliphatic carbocycles. The largest absolute Gasteiger partial charge is 0.354 e. The minimum Gasteiger partial charge on any atom is -0.354 e. The van der Waals surface area contributed by atoms with Gasteiger partial charge in [0.25, 0.3) is 0 Å². The van der Waals surface area contributed by atoms with Crippen LogP contribution in [0.5, 0.6) is 0 Å². The summed E-state index contributed by atoms with van der Waals surface area (Å²) in [6.07, 6.45) is 0.867. The van der Waals surface area contributed by atoms with Gasteiger partial charge in [-0.3, -0.25) is 0 Å². The molecule has 0 atom stereocenters. The number of nitrogens with one attached hydrogen (secondary N) is 1. The van der Waals surface area contributed by atoms with Gasteiger partial charge in [-0.2, -0.15) is 0 Å². The Morgan fingerprint density at radius 3 is 2.02 bits per heavy atom. The molecule has 0 saturated heterocycles. The van der Waals surface area contributed by atoms with Gasteiger partial charge in [0.1, 0.15) is 0 Å². The third-order valence-corrected chi connectivity index (χ3v) is 11.0. The average molecular weight is 653 g/mol. The van der Waals surface area contributed by atoms with Crippen molar-refractivity contribution in [1.29, 1.82) is 0 Å². The fourth-order valence-corrected chi connectivity index (χ4v) is 8.65. The summed E-state index contributed by atoms with van der Waals surface area (Å²) in [5.74, 6) is 0. The number of para-hydroxylation sites is 2. The minimum atomic E-state index is 0.867. The minimum absolute atomic E-state index is 0.867. The van der Waals surface area contributed by atoms with Gasteiger partial charge in [0.05, 0.1) is 16.9 Å². The van der Waals surface area contributed by atoms with Gasteiger partial charge in [-0.15, -0.1) is 0 Å². The van der Waals surface area contributed by atoms with E-state index in [1.54, 1.807) is 0 Å². The first-order valence-electron chi connectivity index (χ1n) is 17.8. The lowest BCUT2D eigenvalue weighted by Crippen LogP contribution is -2.15. The number of benzene rings is 8. The highest BCUT2D eigenvalue weighted by atomic mass is 15.1. The van der Waals surface area contributed by atoms with Crippen molar-refractivity contribution in [2.45, 2.75) is 20.3 Å². The Morgan fingerprint density at radius 1 is 0.490 bits per heavy atom. The van der Waals surface area contributed by atoms with Crippen molar-refractivity contribution in [3.63, 3.8) is 0 Å². The summed E-state index contributed by atoms with van der Waals surface area (Å²) in [7, 11) is 0. The molecule has 0 aliphatic heterocycles. The Hall–Kier alpha value is -6.38. The van der Waals surface area contributed by atoms with Crippen LogP contribution in [0.1, 0.15) is 22.3 Å². The molecule has 1 aromatic heterocycles. The van der Waals surface area contributed by atoms with E-state index in [4.69, 9.17) is 0 Å². The van der Waals surface area contributed by atoms with E-state index in [1.165, 1.54) is 94.1 Å². The van der Waals surface area contributed by atoms with Crippen LogP contribution < -0.4 is 4.90 Å². The predicted molar refractivity (Wildman–Crippen MR) is 217 cm³/mol. The number of aromatic nitrogens is 1. The second-order valence-corrected chi connectivity index (χ2v) is 13.8. The molecule has 51 heavy (non-hydrogen) atoms. The molecule has 0 amide bonds. The van der Waals surface area contributed by atoms with Crippen molar-refractivity contribution < 1.29 is 0 Å². The lowest BCUT2D eigenvalue weighted by molar-refractivity contribution is 1.17. The van der Waals surface area contributed by atoms with Crippen LogP contribution >= 0.6 is 0 Å². The highest BCUT2D eigenvalue weighted by Crippen LogP contribution is 2.55. The SMILES string of the molecule is Cc1c(C)c(N(c2ccccc2)c2cccc3ccccc23)c2c(c1-c1c(-c3ccccc3)ccc3c1[nH]c1ccccc13)-c1ccccc1C2. The fourth-order valence-electron chi connectivity index (χ4n) is 8.65. The van der Waals surface area contributed by atoms with Gasteiger partial charge in [0, 0.05) is 39.3 Å². The Labute approximate surface area is 298 Å². The first-order chi connectivity index (χ1) is 25.2. The lowest BCUT2D eigenvalue weighted by Gasteiger charge is -2.32. The molecule has 1 aliphatic rings. The van der Waals surface area contributed by atoms with E-state index in [2.05, 4.69) is 188 Å². The van der Waals surface area contributed by atoms with Crippen molar-refractivity contribution in [3.8, 4) is 33.4 Å². The van der Waals surface area contributed by atoms with Crippen molar-refractivity contribution in [1.82, 2.24) is 4.98 Å². The van der Waals surface area contributed by atoms with Crippen molar-refractivity contribution in [3.05, 3.63) is 186 Å². The van der Waals surface area contributed by atoms with Crippen LogP contribution in [-0.4, -0.2) is 4.98 Å². The molecule has 10 rings (SSSR count). The normalized spacial score (nSPS) is 12.0. The molecule has 0 fully saturated rings. The van der Waals surface area contributed by atoms with Gasteiger partial charge in [-0.05, 0) is 93.6 Å². The third-order valence-electron chi connectivity index (χ3n) is 11.0. The maximum atomic E-state index is 3.92. The van der Waals surface area contributed by atoms with E-state index in [0.29, 0.717) is 0 Å². The molecular formula is C49H36N2. The number of aromatic amines is 1. The van der Waals surface area contributed by atoms with Crippen molar-refractivity contribution >= 4 is 49.6 Å². The summed E-state index contributed by atoms with van der Waals surface area (Å²) >= 11 is 0. The molecule has 2 nitrogen and oxygen atoms in total. The zero-order valence-electron chi connectivity index (χ0n) is 28.7. The highest BCUT2D eigenvalue weighted by Gasteiger charge is 2.33. The summed E-state index contributed by atoms with van der Waals surface area (Å²) in [4.78, 5) is 6.44. The average Bonchev–Trinajstić information content (AvgIpc) is 3.76. The molecule has 8 aromatic carbocycles. The van der Waals surface area contributed by atoms with Gasteiger partial charge in [0.2, 0.25) is 0 Å². The van der Waals surface area contributed by atoms with E-state index in [0.717, 1.165) is 17.6 Å². The molecule has 0 unspecified atom stereocenters. The molecule has 0 bridgehead atoms. The Kier molecular flexibility index (Phi) is 6.72. The van der Waals surface area contributed by atoms with Crippen LogP contribution in [0.15, 0.2) is 164 Å². The van der Waals surface area contributed by atoms with Gasteiger partial charge in [-0.1, -0.05) is 140 Å². The maximum absolute atomic E-state index is 3.92. The molecule has 242 valence electrons. The summed E-state index contributed by atoms with van der Waals surface area (Å²) in [6, 6.07) is 59.7. The van der Waals surface area contributed by atoms with Crippen LogP contribution in [0.4, 0.5) is 17.1 Å². The number of hydrogen-bond donors (Lipinski definition) is 1. The Morgan fingerprint density at radius 2 is 1.18 bits per heavy atom. The quantitative estimate of drug-likeness (QED) is 0.196. The highest BCUT2D eigenvalue weighted by molar-refractivity contribution is 6.17. The topological polar surface area (TPSA) is 19.0 Å². The summed E-state index contributed by atoms with van der Waals surface area (Å²) in [5.41, 5.74) is 19.0. The number of H-pyrrole nitrogens is 1. The molecule has 1 heterocycles. The summed E-state index contributed by atoms with van der Waals surface area (Å²) in [5, 5.41) is 4.98. The zero-order valence-corrected chi connectivity index (χ0v) is 28.7. The number of nitrogens with zero attached hydrogens (tertiary/aromatic N) is 1. The van der Waals surface area contributed by atoms with Crippen LogP contribution in [-0.2, 0) is 6.42 Å². The van der Waals surface area contributed by atoms with Gasteiger partial charge in [0.15, 0.2) is 0 Å². The maximum Gasteiger partial charge on any atom is 0.0551 e.